The molecule has 5 heteroatoms. The van der Waals surface area contributed by atoms with Gasteiger partial charge in [-0.25, -0.2) is 13.1 Å². The molecular weight excluding hydrogens is 362 g/mol. The van der Waals surface area contributed by atoms with Crippen molar-refractivity contribution in [3.05, 3.63) is 64.6 Å². The number of nitrogens with one attached hydrogen (secondary N) is 1. The second-order valence-electron chi connectivity index (χ2n) is 5.67. The summed E-state index contributed by atoms with van der Waals surface area (Å²) in [5.41, 5.74) is 0.983. The van der Waals surface area contributed by atoms with Crippen LogP contribution in [-0.4, -0.2) is 8.42 Å². The van der Waals surface area contributed by atoms with Crippen molar-refractivity contribution in [2.75, 3.05) is 0 Å². The fourth-order valence-corrected chi connectivity index (χ4v) is 3.78. The molecule has 1 atom stereocenters. The summed E-state index contributed by atoms with van der Waals surface area (Å²) in [7, 11) is -3.54. The maximum Gasteiger partial charge on any atom is 0.241 e. The normalized spacial score (nSPS) is 13.3. The zero-order valence-electron chi connectivity index (χ0n) is 12.7. The Bertz CT molecular complexity index is 697. The summed E-state index contributed by atoms with van der Waals surface area (Å²) < 4.78 is 28.9. The lowest BCUT2D eigenvalue weighted by Crippen LogP contribution is -2.29. The van der Waals surface area contributed by atoms with Gasteiger partial charge >= 0.3 is 0 Å². The van der Waals surface area contributed by atoms with Gasteiger partial charge in [0, 0.05) is 10.5 Å². The van der Waals surface area contributed by atoms with E-state index in [2.05, 4.69) is 34.5 Å². The first-order chi connectivity index (χ1) is 10.4. The van der Waals surface area contributed by atoms with Crippen LogP contribution in [0.1, 0.15) is 31.9 Å². The molecule has 0 saturated carbocycles. The van der Waals surface area contributed by atoms with Crippen molar-refractivity contribution in [3.8, 4) is 0 Å². The fraction of sp³-hybridized carbons (Fsp3) is 0.294. The summed E-state index contributed by atoms with van der Waals surface area (Å²) in [6.07, 6.45) is 0.750. The standard InChI is InChI=1S/C17H20BrNO2S/c1-13(2)12-17(14-6-4-3-5-7-14)19-22(20,21)16-10-8-15(18)9-11-16/h3-11,13,17,19H,12H2,1-2H3. The lowest BCUT2D eigenvalue weighted by atomic mass is 9.98. The number of hydrogen-bond donors (Lipinski definition) is 1. The molecule has 2 aromatic carbocycles. The van der Waals surface area contributed by atoms with Crippen LogP contribution in [0.4, 0.5) is 0 Å². The summed E-state index contributed by atoms with van der Waals surface area (Å²) >= 11 is 3.32. The zero-order valence-corrected chi connectivity index (χ0v) is 15.1. The second-order valence-corrected chi connectivity index (χ2v) is 8.30. The Labute approximate surface area is 140 Å². The van der Waals surface area contributed by atoms with E-state index in [9.17, 15) is 8.42 Å². The van der Waals surface area contributed by atoms with Crippen molar-refractivity contribution in [3.63, 3.8) is 0 Å². The number of sulfonamides is 1. The molecule has 0 amide bonds. The Morgan fingerprint density at radius 3 is 2.14 bits per heavy atom. The van der Waals surface area contributed by atoms with Crippen LogP contribution >= 0.6 is 15.9 Å². The second kappa shape index (κ2) is 7.40. The predicted molar refractivity (Wildman–Crippen MR) is 93.1 cm³/mol. The van der Waals surface area contributed by atoms with Crippen LogP contribution < -0.4 is 4.72 Å². The smallest absolute Gasteiger partial charge is 0.207 e. The Kier molecular flexibility index (Phi) is 5.78. The Morgan fingerprint density at radius 2 is 1.59 bits per heavy atom. The molecule has 2 rings (SSSR count). The van der Waals surface area contributed by atoms with Gasteiger partial charge < -0.3 is 0 Å². The summed E-state index contributed by atoms with van der Waals surface area (Å²) in [6.45, 7) is 4.17. The van der Waals surface area contributed by atoms with Crippen LogP contribution in [0.3, 0.4) is 0 Å². The SMILES string of the molecule is CC(C)CC(NS(=O)(=O)c1ccc(Br)cc1)c1ccccc1. The summed E-state index contributed by atoms with van der Waals surface area (Å²) in [4.78, 5) is 0.278. The average molecular weight is 382 g/mol. The van der Waals surface area contributed by atoms with Gasteiger partial charge in [-0.1, -0.05) is 60.1 Å². The van der Waals surface area contributed by atoms with Gasteiger partial charge in [0.15, 0.2) is 0 Å². The number of benzene rings is 2. The highest BCUT2D eigenvalue weighted by molar-refractivity contribution is 9.10. The van der Waals surface area contributed by atoms with Crippen molar-refractivity contribution >= 4 is 26.0 Å². The molecule has 0 radical (unpaired) electrons. The lowest BCUT2D eigenvalue weighted by molar-refractivity contribution is 0.472. The third-order valence-electron chi connectivity index (χ3n) is 3.33. The Balaban J connectivity index is 2.28. The minimum absolute atomic E-state index is 0.227. The molecule has 2 aromatic rings. The summed E-state index contributed by atoms with van der Waals surface area (Å²) in [6, 6.07) is 16.1. The first-order valence-electron chi connectivity index (χ1n) is 7.21. The van der Waals surface area contributed by atoms with E-state index in [4.69, 9.17) is 0 Å². The highest BCUT2D eigenvalue weighted by Gasteiger charge is 2.22. The van der Waals surface area contributed by atoms with E-state index in [0.29, 0.717) is 5.92 Å². The highest BCUT2D eigenvalue weighted by atomic mass is 79.9. The van der Waals surface area contributed by atoms with E-state index < -0.39 is 10.0 Å². The molecule has 0 spiro atoms. The summed E-state index contributed by atoms with van der Waals surface area (Å²) in [5, 5.41) is 0. The molecule has 0 heterocycles. The first-order valence-corrected chi connectivity index (χ1v) is 9.49. The molecular formula is C17H20BrNO2S. The first kappa shape index (κ1) is 17.2. The monoisotopic (exact) mass is 381 g/mol. The van der Waals surface area contributed by atoms with Crippen LogP contribution in [0.2, 0.25) is 0 Å². The van der Waals surface area contributed by atoms with Crippen LogP contribution in [0.15, 0.2) is 64.0 Å². The summed E-state index contributed by atoms with van der Waals surface area (Å²) in [5.74, 6) is 0.387. The minimum Gasteiger partial charge on any atom is -0.207 e. The van der Waals surface area contributed by atoms with E-state index in [-0.39, 0.29) is 10.9 Å². The van der Waals surface area contributed by atoms with Crippen LogP contribution in [-0.2, 0) is 10.0 Å². The largest absolute Gasteiger partial charge is 0.241 e. The minimum atomic E-state index is -3.54. The topological polar surface area (TPSA) is 46.2 Å². The molecule has 0 aliphatic rings. The molecule has 118 valence electrons. The van der Waals surface area contributed by atoms with Crippen molar-refractivity contribution in [2.45, 2.75) is 31.2 Å². The molecule has 1 N–H and O–H groups in total. The highest BCUT2D eigenvalue weighted by Crippen LogP contribution is 2.24. The van der Waals surface area contributed by atoms with E-state index in [0.717, 1.165) is 16.5 Å². The molecule has 0 aromatic heterocycles. The third kappa shape index (κ3) is 4.66. The van der Waals surface area contributed by atoms with E-state index in [1.165, 1.54) is 0 Å². The number of halogens is 1. The van der Waals surface area contributed by atoms with Crippen LogP contribution in [0.25, 0.3) is 0 Å². The molecule has 3 nitrogen and oxygen atoms in total. The molecule has 1 unspecified atom stereocenters. The van der Waals surface area contributed by atoms with Crippen LogP contribution in [0.5, 0.6) is 0 Å². The van der Waals surface area contributed by atoms with Crippen molar-refractivity contribution in [2.24, 2.45) is 5.92 Å². The molecule has 0 bridgehead atoms. The third-order valence-corrected chi connectivity index (χ3v) is 5.35. The van der Waals surface area contributed by atoms with Gasteiger partial charge in [0.1, 0.15) is 0 Å². The quantitative estimate of drug-likeness (QED) is 0.799. The number of rotatable bonds is 6. The molecule has 0 aliphatic heterocycles. The molecule has 22 heavy (non-hydrogen) atoms. The van der Waals surface area contributed by atoms with E-state index >= 15 is 0 Å². The van der Waals surface area contributed by atoms with Gasteiger partial charge in [-0.05, 0) is 42.2 Å². The number of hydrogen-bond acceptors (Lipinski definition) is 2. The van der Waals surface area contributed by atoms with Crippen LogP contribution in [0, 0.1) is 5.92 Å². The van der Waals surface area contributed by atoms with E-state index in [1.54, 1.807) is 24.3 Å². The molecule has 0 saturated heterocycles. The zero-order chi connectivity index (χ0) is 16.2. The van der Waals surface area contributed by atoms with Gasteiger partial charge in [-0.15, -0.1) is 0 Å². The molecule has 0 aliphatic carbocycles. The Hall–Kier alpha value is -1.17. The van der Waals surface area contributed by atoms with Gasteiger partial charge in [0.2, 0.25) is 10.0 Å². The van der Waals surface area contributed by atoms with Crippen molar-refractivity contribution in [1.29, 1.82) is 0 Å². The molecule has 0 fully saturated rings. The van der Waals surface area contributed by atoms with Gasteiger partial charge in [0.25, 0.3) is 0 Å². The fourth-order valence-electron chi connectivity index (χ4n) is 2.28. The van der Waals surface area contributed by atoms with Gasteiger partial charge in [0.05, 0.1) is 4.90 Å². The maximum absolute atomic E-state index is 12.6. The predicted octanol–water partition coefficient (Wildman–Crippen LogP) is 4.51. The average Bonchev–Trinajstić information content (AvgIpc) is 2.47. The van der Waals surface area contributed by atoms with Crippen molar-refractivity contribution in [1.82, 2.24) is 4.72 Å². The van der Waals surface area contributed by atoms with E-state index in [1.807, 2.05) is 30.3 Å². The maximum atomic E-state index is 12.6. The van der Waals surface area contributed by atoms with Gasteiger partial charge in [-0.3, -0.25) is 0 Å². The van der Waals surface area contributed by atoms with Gasteiger partial charge in [-0.2, -0.15) is 0 Å². The lowest BCUT2D eigenvalue weighted by Gasteiger charge is -2.21. The Morgan fingerprint density at radius 1 is 1.00 bits per heavy atom. The van der Waals surface area contributed by atoms with Crippen molar-refractivity contribution < 1.29 is 8.42 Å².